The lowest BCUT2D eigenvalue weighted by Crippen LogP contribution is -2.57. The van der Waals surface area contributed by atoms with Crippen LogP contribution in [-0.4, -0.2) is 88.7 Å². The lowest BCUT2D eigenvalue weighted by Gasteiger charge is -2.38. The molecule has 3 amide bonds. The molecule has 0 radical (unpaired) electrons. The maximum Gasteiger partial charge on any atom is 0.243 e. The SMILES string of the molecule is CC(=O)C[C@H](NC(=O)CCCCC(=O)Nc1ccccc1)C(=O)NCCO[C@@H]1O[C@@H](C)[C@@H](O)[C@@H](O)[C@@H]1O. The van der Waals surface area contributed by atoms with Crippen LogP contribution in [0.4, 0.5) is 5.69 Å². The Morgan fingerprint density at radius 2 is 1.62 bits per heavy atom. The summed E-state index contributed by atoms with van der Waals surface area (Å²) in [5.41, 5.74) is 0.696. The quantitative estimate of drug-likeness (QED) is 0.177. The van der Waals surface area contributed by atoms with Crippen LogP contribution in [0.15, 0.2) is 30.3 Å². The molecule has 12 heteroatoms. The molecule has 12 nitrogen and oxygen atoms in total. The third kappa shape index (κ3) is 10.5. The summed E-state index contributed by atoms with van der Waals surface area (Å²) in [4.78, 5) is 48.4. The van der Waals surface area contributed by atoms with E-state index in [1.165, 1.54) is 13.8 Å². The van der Waals surface area contributed by atoms with Crippen LogP contribution < -0.4 is 16.0 Å². The van der Waals surface area contributed by atoms with E-state index in [0.717, 1.165) is 0 Å². The number of hydrogen-bond acceptors (Lipinski definition) is 9. The van der Waals surface area contributed by atoms with E-state index >= 15 is 0 Å². The molecular formula is C25H37N3O9. The second kappa shape index (κ2) is 15.4. The summed E-state index contributed by atoms with van der Waals surface area (Å²) in [6, 6.07) is 7.96. The molecule has 1 aromatic rings. The minimum absolute atomic E-state index is 0.0146. The fourth-order valence-electron chi connectivity index (χ4n) is 3.70. The number of unbranched alkanes of at least 4 members (excludes halogenated alkanes) is 1. The molecule has 37 heavy (non-hydrogen) atoms. The molecule has 1 fully saturated rings. The van der Waals surface area contributed by atoms with Gasteiger partial charge >= 0.3 is 0 Å². The number of amides is 3. The molecule has 1 aromatic carbocycles. The molecule has 0 spiro atoms. The van der Waals surface area contributed by atoms with Crippen molar-refractivity contribution in [1.29, 1.82) is 0 Å². The molecule has 1 aliphatic rings. The van der Waals surface area contributed by atoms with Gasteiger partial charge in [-0.05, 0) is 38.8 Å². The monoisotopic (exact) mass is 523 g/mol. The molecule has 0 bridgehead atoms. The van der Waals surface area contributed by atoms with E-state index < -0.39 is 48.6 Å². The number of aliphatic hydroxyl groups is 3. The molecule has 206 valence electrons. The van der Waals surface area contributed by atoms with E-state index in [0.29, 0.717) is 18.5 Å². The highest BCUT2D eigenvalue weighted by molar-refractivity contribution is 5.92. The van der Waals surface area contributed by atoms with E-state index in [1.807, 2.05) is 18.2 Å². The van der Waals surface area contributed by atoms with E-state index in [1.54, 1.807) is 12.1 Å². The van der Waals surface area contributed by atoms with Crippen molar-refractivity contribution in [2.75, 3.05) is 18.5 Å². The number of benzene rings is 1. The first kappa shape index (κ1) is 30.3. The summed E-state index contributed by atoms with van der Waals surface area (Å²) in [5, 5.41) is 37.3. The second-order valence-electron chi connectivity index (χ2n) is 8.99. The number of Topliss-reactive ketones (excluding diaryl/α,β-unsaturated/α-hetero) is 1. The topological polar surface area (TPSA) is 184 Å². The van der Waals surface area contributed by atoms with Crippen LogP contribution in [0.3, 0.4) is 0 Å². The summed E-state index contributed by atoms with van der Waals surface area (Å²) >= 11 is 0. The van der Waals surface area contributed by atoms with Crippen molar-refractivity contribution in [2.45, 2.75) is 82.7 Å². The Hall–Kier alpha value is -2.90. The summed E-state index contributed by atoms with van der Waals surface area (Å²) in [6.45, 7) is 2.73. The summed E-state index contributed by atoms with van der Waals surface area (Å²) in [5.74, 6) is -1.44. The van der Waals surface area contributed by atoms with E-state index in [-0.39, 0.29) is 44.1 Å². The third-order valence-corrected chi connectivity index (χ3v) is 5.75. The molecule has 0 unspecified atom stereocenters. The molecule has 2 rings (SSSR count). The zero-order valence-electron chi connectivity index (χ0n) is 21.1. The normalized spacial score (nSPS) is 24.1. The number of carbonyl (C=O) groups excluding carboxylic acids is 4. The highest BCUT2D eigenvalue weighted by atomic mass is 16.7. The van der Waals surface area contributed by atoms with E-state index in [2.05, 4.69) is 16.0 Å². The summed E-state index contributed by atoms with van der Waals surface area (Å²) in [7, 11) is 0. The third-order valence-electron chi connectivity index (χ3n) is 5.75. The average Bonchev–Trinajstić information content (AvgIpc) is 2.85. The average molecular weight is 524 g/mol. The van der Waals surface area contributed by atoms with Gasteiger partial charge < -0.3 is 40.7 Å². The minimum Gasteiger partial charge on any atom is -0.388 e. The second-order valence-corrected chi connectivity index (χ2v) is 8.99. The first-order chi connectivity index (χ1) is 17.6. The highest BCUT2D eigenvalue weighted by Crippen LogP contribution is 2.21. The fourth-order valence-corrected chi connectivity index (χ4v) is 3.70. The molecule has 0 aromatic heterocycles. The fraction of sp³-hybridized carbons (Fsp3) is 0.600. The predicted octanol–water partition coefficient (Wildman–Crippen LogP) is -0.390. The molecule has 0 saturated carbocycles. The molecule has 1 heterocycles. The maximum atomic E-state index is 12.5. The van der Waals surface area contributed by atoms with Gasteiger partial charge in [0, 0.05) is 31.5 Å². The number of nitrogens with one attached hydrogen (secondary N) is 3. The van der Waals surface area contributed by atoms with Gasteiger partial charge in [0.05, 0.1) is 12.7 Å². The Kier molecular flexibility index (Phi) is 12.6. The predicted molar refractivity (Wildman–Crippen MR) is 132 cm³/mol. The Balaban J connectivity index is 1.69. The van der Waals surface area contributed by atoms with E-state index in [9.17, 15) is 34.5 Å². The Morgan fingerprint density at radius 3 is 2.27 bits per heavy atom. The van der Waals surface area contributed by atoms with Crippen LogP contribution in [0, 0.1) is 0 Å². The van der Waals surface area contributed by atoms with Gasteiger partial charge in [-0.15, -0.1) is 0 Å². The molecule has 0 aliphatic carbocycles. The zero-order chi connectivity index (χ0) is 27.4. The number of ketones is 1. The number of rotatable bonds is 14. The van der Waals surface area contributed by atoms with Gasteiger partial charge in [0.25, 0.3) is 0 Å². The first-order valence-electron chi connectivity index (χ1n) is 12.3. The van der Waals surface area contributed by atoms with Crippen molar-refractivity contribution < 1.29 is 44.0 Å². The van der Waals surface area contributed by atoms with Gasteiger partial charge in [0.2, 0.25) is 17.7 Å². The van der Waals surface area contributed by atoms with Crippen LogP contribution in [0.2, 0.25) is 0 Å². The number of anilines is 1. The number of ether oxygens (including phenoxy) is 2. The number of aliphatic hydroxyl groups excluding tert-OH is 3. The smallest absolute Gasteiger partial charge is 0.243 e. The Bertz CT molecular complexity index is 899. The largest absolute Gasteiger partial charge is 0.388 e. The van der Waals surface area contributed by atoms with Crippen LogP contribution in [0.25, 0.3) is 0 Å². The Morgan fingerprint density at radius 1 is 0.973 bits per heavy atom. The Labute approximate surface area is 215 Å². The van der Waals surface area contributed by atoms with Crippen LogP contribution in [0.5, 0.6) is 0 Å². The minimum atomic E-state index is -1.46. The summed E-state index contributed by atoms with van der Waals surface area (Å²) < 4.78 is 10.7. The van der Waals surface area contributed by atoms with Gasteiger partial charge in [-0.3, -0.25) is 19.2 Å². The van der Waals surface area contributed by atoms with Gasteiger partial charge in [0.15, 0.2) is 6.29 Å². The number of para-hydroxylation sites is 1. The standard InChI is InChI=1S/C25H37N3O9/c1-15(29)14-18(24(35)26-12-13-36-25-23(34)22(33)21(32)16(2)37-25)28-20(31)11-7-6-10-19(30)27-17-8-4-3-5-9-17/h3-5,8-9,16,18,21-23,25,32-34H,6-7,10-14H2,1-2H3,(H,26,35)(H,27,30)(H,28,31)/t16-,18-,21+,22+,23-,25+/m0/s1. The first-order valence-corrected chi connectivity index (χ1v) is 12.3. The zero-order valence-corrected chi connectivity index (χ0v) is 21.1. The van der Waals surface area contributed by atoms with E-state index in [4.69, 9.17) is 9.47 Å². The van der Waals surface area contributed by atoms with Gasteiger partial charge in [-0.25, -0.2) is 0 Å². The van der Waals surface area contributed by atoms with Crippen molar-refractivity contribution in [3.05, 3.63) is 30.3 Å². The molecule has 1 aliphatic heterocycles. The molecule has 6 atom stereocenters. The van der Waals surface area contributed by atoms with Crippen molar-refractivity contribution in [1.82, 2.24) is 10.6 Å². The lowest BCUT2D eigenvalue weighted by molar-refractivity contribution is -0.292. The lowest BCUT2D eigenvalue weighted by atomic mass is 10.0. The molecular weight excluding hydrogens is 486 g/mol. The van der Waals surface area contributed by atoms with Crippen LogP contribution in [0.1, 0.15) is 46.0 Å². The molecule has 1 saturated heterocycles. The number of carbonyl (C=O) groups is 4. The maximum absolute atomic E-state index is 12.5. The molecule has 6 N–H and O–H groups in total. The number of hydrogen-bond donors (Lipinski definition) is 6. The van der Waals surface area contributed by atoms with Crippen LogP contribution >= 0.6 is 0 Å². The van der Waals surface area contributed by atoms with Crippen LogP contribution in [-0.2, 0) is 28.7 Å². The van der Waals surface area contributed by atoms with Crippen molar-refractivity contribution in [2.24, 2.45) is 0 Å². The summed E-state index contributed by atoms with van der Waals surface area (Å²) in [6.07, 6.45) is -5.04. The van der Waals surface area contributed by atoms with Gasteiger partial charge in [-0.2, -0.15) is 0 Å². The van der Waals surface area contributed by atoms with Crippen molar-refractivity contribution in [3.63, 3.8) is 0 Å². The van der Waals surface area contributed by atoms with Crippen molar-refractivity contribution in [3.8, 4) is 0 Å². The van der Waals surface area contributed by atoms with Gasteiger partial charge in [0.1, 0.15) is 30.1 Å². The van der Waals surface area contributed by atoms with Crippen molar-refractivity contribution >= 4 is 29.2 Å². The highest BCUT2D eigenvalue weighted by Gasteiger charge is 2.42. The van der Waals surface area contributed by atoms with Gasteiger partial charge in [-0.1, -0.05) is 18.2 Å².